The highest BCUT2D eigenvalue weighted by Gasteiger charge is 2.25. The van der Waals surface area contributed by atoms with E-state index in [1.807, 2.05) is 11.8 Å². The van der Waals surface area contributed by atoms with E-state index in [9.17, 15) is 0 Å². The average Bonchev–Trinajstić information content (AvgIpc) is 2.64. The minimum atomic E-state index is 0.420. The Morgan fingerprint density at radius 3 is 3.00 bits per heavy atom. The third kappa shape index (κ3) is 1.35. The van der Waals surface area contributed by atoms with Gasteiger partial charge in [0, 0.05) is 0 Å². The van der Waals surface area contributed by atoms with Crippen LogP contribution < -0.4 is 5.73 Å². The van der Waals surface area contributed by atoms with Crippen LogP contribution in [-0.4, -0.2) is 10.9 Å². The molecule has 0 bridgehead atoms. The molecule has 12 heavy (non-hydrogen) atoms. The Morgan fingerprint density at radius 2 is 2.50 bits per heavy atom. The van der Waals surface area contributed by atoms with Crippen molar-refractivity contribution in [3.63, 3.8) is 0 Å². The predicted octanol–water partition coefficient (Wildman–Crippen LogP) is 2.59. The number of halogens is 1. The normalized spacial score (nSPS) is 23.2. The molecule has 0 radical (unpaired) electrons. The molecular formula is C7H9BrN2OS. The number of thioether (sulfide) groups is 1. The molecule has 1 fully saturated rings. The molecule has 1 aromatic heterocycles. The highest BCUT2D eigenvalue weighted by Crippen LogP contribution is 2.43. The molecule has 1 aromatic rings. The number of hydrogen-bond donors (Lipinski definition) is 1. The first kappa shape index (κ1) is 8.44. The molecule has 0 saturated carbocycles. The second-order valence-corrected chi connectivity index (χ2v) is 4.81. The summed E-state index contributed by atoms with van der Waals surface area (Å²) in [5.74, 6) is 2.03. The summed E-state index contributed by atoms with van der Waals surface area (Å²) in [5.41, 5.74) is 6.43. The van der Waals surface area contributed by atoms with E-state index in [4.69, 9.17) is 10.3 Å². The molecule has 2 heterocycles. The van der Waals surface area contributed by atoms with Gasteiger partial charge in [-0.15, -0.1) is 0 Å². The summed E-state index contributed by atoms with van der Waals surface area (Å²) < 4.78 is 5.77. The molecule has 3 nitrogen and oxygen atoms in total. The van der Waals surface area contributed by atoms with E-state index in [0.717, 1.165) is 12.2 Å². The fourth-order valence-corrected chi connectivity index (χ4v) is 2.85. The summed E-state index contributed by atoms with van der Waals surface area (Å²) >= 11 is 5.11. The van der Waals surface area contributed by atoms with Crippen molar-refractivity contribution in [3.05, 3.63) is 10.4 Å². The number of hydrogen-bond acceptors (Lipinski definition) is 4. The van der Waals surface area contributed by atoms with Gasteiger partial charge in [-0.3, -0.25) is 0 Å². The lowest BCUT2D eigenvalue weighted by atomic mass is 10.2. The summed E-state index contributed by atoms with van der Waals surface area (Å²) in [6, 6.07) is 0. The Hall–Kier alpha value is -0.160. The number of anilines is 1. The maximum absolute atomic E-state index is 5.77. The lowest BCUT2D eigenvalue weighted by Crippen LogP contribution is -1.92. The Kier molecular flexibility index (Phi) is 2.32. The Morgan fingerprint density at radius 1 is 1.67 bits per heavy atom. The fourth-order valence-electron chi connectivity index (χ4n) is 1.31. The molecule has 2 N–H and O–H groups in total. The molecule has 0 spiro atoms. The third-order valence-electron chi connectivity index (χ3n) is 1.93. The fraction of sp³-hybridized carbons (Fsp3) is 0.571. The van der Waals surface area contributed by atoms with Crippen LogP contribution in [0.25, 0.3) is 0 Å². The van der Waals surface area contributed by atoms with Gasteiger partial charge in [-0.2, -0.15) is 11.8 Å². The van der Waals surface area contributed by atoms with Gasteiger partial charge < -0.3 is 10.3 Å². The maximum atomic E-state index is 5.77. The van der Waals surface area contributed by atoms with Crippen LogP contribution >= 0.6 is 27.7 Å². The molecule has 1 unspecified atom stereocenters. The molecule has 0 aliphatic carbocycles. The molecule has 1 aliphatic rings. The van der Waals surface area contributed by atoms with E-state index in [1.54, 1.807) is 0 Å². The van der Waals surface area contributed by atoms with Gasteiger partial charge in [0.2, 0.25) is 0 Å². The first-order chi connectivity index (χ1) is 5.79. The van der Waals surface area contributed by atoms with Gasteiger partial charge in [0.05, 0.1) is 5.25 Å². The number of nitrogens with zero attached hydrogens (tertiary/aromatic N) is 1. The van der Waals surface area contributed by atoms with Crippen LogP contribution in [0.1, 0.15) is 23.9 Å². The first-order valence-corrected chi connectivity index (χ1v) is 5.65. The van der Waals surface area contributed by atoms with E-state index in [2.05, 4.69) is 21.1 Å². The van der Waals surface area contributed by atoms with Crippen molar-refractivity contribution in [1.82, 2.24) is 5.16 Å². The zero-order valence-corrected chi connectivity index (χ0v) is 8.82. The highest BCUT2D eigenvalue weighted by atomic mass is 79.9. The van der Waals surface area contributed by atoms with Crippen LogP contribution in [0.15, 0.2) is 9.13 Å². The van der Waals surface area contributed by atoms with Crippen LogP contribution in [-0.2, 0) is 0 Å². The molecule has 5 heteroatoms. The molecule has 1 aliphatic heterocycles. The monoisotopic (exact) mass is 248 g/mol. The number of aromatic nitrogens is 1. The van der Waals surface area contributed by atoms with Crippen molar-refractivity contribution in [1.29, 1.82) is 0 Å². The smallest absolute Gasteiger partial charge is 0.173 e. The Labute approximate surface area is 83.2 Å². The van der Waals surface area contributed by atoms with Gasteiger partial charge >= 0.3 is 0 Å². The molecule has 2 rings (SSSR count). The third-order valence-corrected chi connectivity index (χ3v) is 3.88. The van der Waals surface area contributed by atoms with Crippen molar-refractivity contribution < 1.29 is 4.52 Å². The lowest BCUT2D eigenvalue weighted by Gasteiger charge is -2.02. The summed E-state index contributed by atoms with van der Waals surface area (Å²) in [5, 5.41) is 4.18. The van der Waals surface area contributed by atoms with Gasteiger partial charge in [0.1, 0.15) is 5.69 Å². The topological polar surface area (TPSA) is 52.0 Å². The lowest BCUT2D eigenvalue weighted by molar-refractivity contribution is 0.377. The summed E-state index contributed by atoms with van der Waals surface area (Å²) in [4.78, 5) is 0. The minimum absolute atomic E-state index is 0.420. The summed E-state index contributed by atoms with van der Waals surface area (Å²) in [6.45, 7) is 0. The van der Waals surface area contributed by atoms with Crippen molar-refractivity contribution in [3.8, 4) is 0 Å². The van der Waals surface area contributed by atoms with Crippen LogP contribution in [0.2, 0.25) is 0 Å². The first-order valence-electron chi connectivity index (χ1n) is 3.81. The van der Waals surface area contributed by atoms with Gasteiger partial charge in [-0.05, 0) is 34.5 Å². The predicted molar refractivity (Wildman–Crippen MR) is 53.0 cm³/mol. The minimum Gasteiger partial charge on any atom is -0.394 e. The molecule has 66 valence electrons. The Balaban J connectivity index is 2.26. The largest absolute Gasteiger partial charge is 0.394 e. The zero-order valence-electron chi connectivity index (χ0n) is 6.42. The van der Waals surface area contributed by atoms with Crippen molar-refractivity contribution in [2.75, 3.05) is 11.5 Å². The second kappa shape index (κ2) is 3.30. The quantitative estimate of drug-likeness (QED) is 0.831. The van der Waals surface area contributed by atoms with Crippen LogP contribution in [0.5, 0.6) is 0 Å². The average molecular weight is 249 g/mol. The SMILES string of the molecule is Nc1c(Br)noc1C1CCCS1. The van der Waals surface area contributed by atoms with Gasteiger partial charge in [0.25, 0.3) is 0 Å². The Bertz CT molecular complexity index is 283. The van der Waals surface area contributed by atoms with Crippen molar-refractivity contribution in [2.24, 2.45) is 0 Å². The standard InChI is InChI=1S/C7H9BrN2OS/c8-7-5(9)6(11-10-7)4-2-1-3-12-4/h4H,1-3,9H2. The van der Waals surface area contributed by atoms with E-state index in [0.29, 0.717) is 15.5 Å². The van der Waals surface area contributed by atoms with Crippen LogP contribution in [0, 0.1) is 0 Å². The summed E-state index contributed by atoms with van der Waals surface area (Å²) in [7, 11) is 0. The molecular weight excluding hydrogens is 240 g/mol. The molecule has 1 saturated heterocycles. The van der Waals surface area contributed by atoms with Crippen LogP contribution in [0.3, 0.4) is 0 Å². The summed E-state index contributed by atoms with van der Waals surface area (Å²) in [6.07, 6.45) is 2.39. The highest BCUT2D eigenvalue weighted by molar-refractivity contribution is 9.10. The van der Waals surface area contributed by atoms with Crippen LogP contribution in [0.4, 0.5) is 5.69 Å². The van der Waals surface area contributed by atoms with E-state index in [1.165, 1.54) is 12.2 Å². The zero-order chi connectivity index (χ0) is 8.55. The van der Waals surface area contributed by atoms with E-state index >= 15 is 0 Å². The van der Waals surface area contributed by atoms with Gasteiger partial charge in [-0.1, -0.05) is 5.16 Å². The maximum Gasteiger partial charge on any atom is 0.173 e. The van der Waals surface area contributed by atoms with E-state index < -0.39 is 0 Å². The van der Waals surface area contributed by atoms with Crippen molar-refractivity contribution in [2.45, 2.75) is 18.1 Å². The second-order valence-electron chi connectivity index (χ2n) is 2.75. The van der Waals surface area contributed by atoms with Gasteiger partial charge in [0.15, 0.2) is 10.4 Å². The number of rotatable bonds is 1. The van der Waals surface area contributed by atoms with Gasteiger partial charge in [-0.25, -0.2) is 0 Å². The number of nitrogens with two attached hydrogens (primary N) is 1. The number of nitrogen functional groups attached to an aromatic ring is 1. The molecule has 0 amide bonds. The van der Waals surface area contributed by atoms with Crippen molar-refractivity contribution >= 4 is 33.4 Å². The molecule has 0 aromatic carbocycles. The van der Waals surface area contributed by atoms with E-state index in [-0.39, 0.29) is 0 Å². The molecule has 1 atom stereocenters.